The number of thioether (sulfide) groups is 1. The van der Waals surface area contributed by atoms with Gasteiger partial charge in [0.05, 0.1) is 13.2 Å². The monoisotopic (exact) mass is 424 g/mol. The number of amides is 1. The van der Waals surface area contributed by atoms with Gasteiger partial charge in [-0.1, -0.05) is 72.4 Å². The van der Waals surface area contributed by atoms with E-state index in [1.807, 2.05) is 65.6 Å². The van der Waals surface area contributed by atoms with Gasteiger partial charge in [-0.05, 0) is 17.5 Å². The molecule has 0 bridgehead atoms. The molecule has 1 atom stereocenters. The summed E-state index contributed by atoms with van der Waals surface area (Å²) in [7, 11) is 0. The van der Waals surface area contributed by atoms with E-state index < -0.39 is 5.25 Å². The molecule has 1 N–H and O–H groups in total. The first kappa shape index (κ1) is 20.4. The van der Waals surface area contributed by atoms with Crippen LogP contribution in [0.4, 0.5) is 0 Å². The number of benzene rings is 2. The Morgan fingerprint density at radius 2 is 1.73 bits per heavy atom. The number of aryl methyl sites for hydroxylation is 1. The molecule has 7 nitrogen and oxygen atoms in total. The maximum absolute atomic E-state index is 13.3. The average Bonchev–Trinajstić information content (AvgIpc) is 3.16. The third kappa shape index (κ3) is 4.83. The molecule has 3 aromatic rings. The van der Waals surface area contributed by atoms with Crippen LogP contribution < -0.4 is 5.69 Å². The van der Waals surface area contributed by atoms with Crippen LogP contribution in [0.15, 0.2) is 70.6 Å². The molecule has 156 valence electrons. The van der Waals surface area contributed by atoms with Gasteiger partial charge in [0.1, 0.15) is 5.25 Å². The van der Waals surface area contributed by atoms with Gasteiger partial charge in [0.2, 0.25) is 5.91 Å². The number of nitrogens with zero attached hydrogens (tertiary/aromatic N) is 3. The lowest BCUT2D eigenvalue weighted by Crippen LogP contribution is -2.42. The molecule has 1 aliphatic rings. The molecule has 0 unspecified atom stereocenters. The molecule has 0 saturated carbocycles. The smallest absolute Gasteiger partial charge is 0.343 e. The van der Waals surface area contributed by atoms with Crippen molar-refractivity contribution in [1.29, 1.82) is 0 Å². The minimum absolute atomic E-state index is 0.0135. The molecule has 1 amide bonds. The van der Waals surface area contributed by atoms with E-state index in [0.717, 1.165) is 11.1 Å². The molecule has 0 radical (unpaired) electrons. The van der Waals surface area contributed by atoms with Gasteiger partial charge < -0.3 is 9.64 Å². The number of carbonyl (C=O) groups is 1. The highest BCUT2D eigenvalue weighted by atomic mass is 32.2. The lowest BCUT2D eigenvalue weighted by atomic mass is 10.1. The van der Waals surface area contributed by atoms with Crippen molar-refractivity contribution in [3.05, 3.63) is 82.3 Å². The van der Waals surface area contributed by atoms with Crippen LogP contribution in [0.1, 0.15) is 16.4 Å². The van der Waals surface area contributed by atoms with Crippen LogP contribution in [0.3, 0.4) is 0 Å². The summed E-state index contributed by atoms with van der Waals surface area (Å²) in [4.78, 5) is 27.5. The average molecular weight is 425 g/mol. The van der Waals surface area contributed by atoms with Gasteiger partial charge in [0.25, 0.3) is 0 Å². The number of ether oxygens (including phenoxy) is 1. The minimum atomic E-state index is -0.477. The number of morpholine rings is 1. The van der Waals surface area contributed by atoms with Crippen LogP contribution in [0, 0.1) is 0 Å². The van der Waals surface area contributed by atoms with Crippen LogP contribution >= 0.6 is 11.8 Å². The Bertz CT molecular complexity index is 1010. The quantitative estimate of drug-likeness (QED) is 0.590. The third-order valence-corrected chi connectivity index (χ3v) is 6.29. The number of H-pyrrole nitrogens is 1. The zero-order chi connectivity index (χ0) is 20.8. The van der Waals surface area contributed by atoms with Gasteiger partial charge in [0, 0.05) is 19.6 Å². The standard InChI is InChI=1S/C22H24N4O3S/c27-20(25-13-15-29-16-14-25)19(18-9-5-2-6-10-18)30-22-24-23-21(28)26(22)12-11-17-7-3-1-4-8-17/h1-10,19H,11-16H2,(H,23,28)/t19-/m1/s1. The fourth-order valence-electron chi connectivity index (χ4n) is 3.42. The highest BCUT2D eigenvalue weighted by Crippen LogP contribution is 2.35. The number of hydrogen-bond donors (Lipinski definition) is 1. The minimum Gasteiger partial charge on any atom is -0.378 e. The largest absolute Gasteiger partial charge is 0.378 e. The number of hydrogen-bond acceptors (Lipinski definition) is 5. The maximum atomic E-state index is 13.3. The number of carbonyl (C=O) groups excluding carboxylic acids is 1. The molecule has 1 aliphatic heterocycles. The molecule has 1 saturated heterocycles. The third-order valence-electron chi connectivity index (χ3n) is 5.06. The summed E-state index contributed by atoms with van der Waals surface area (Å²) in [5.74, 6) is 0.0135. The van der Waals surface area contributed by atoms with E-state index in [4.69, 9.17) is 4.74 Å². The van der Waals surface area contributed by atoms with Crippen molar-refractivity contribution < 1.29 is 9.53 Å². The topological polar surface area (TPSA) is 80.2 Å². The molecule has 2 aromatic carbocycles. The Balaban J connectivity index is 1.57. The lowest BCUT2D eigenvalue weighted by Gasteiger charge is -2.30. The summed E-state index contributed by atoms with van der Waals surface area (Å²) < 4.78 is 7.00. The Morgan fingerprint density at radius 1 is 1.07 bits per heavy atom. The van der Waals surface area contributed by atoms with Crippen molar-refractivity contribution in [2.45, 2.75) is 23.4 Å². The number of rotatable bonds is 7. The van der Waals surface area contributed by atoms with Crippen LogP contribution in [-0.2, 0) is 22.5 Å². The Kier molecular flexibility index (Phi) is 6.66. The second-order valence-electron chi connectivity index (χ2n) is 7.04. The molecular formula is C22H24N4O3S. The van der Waals surface area contributed by atoms with E-state index in [1.54, 1.807) is 4.57 Å². The fourth-order valence-corrected chi connectivity index (χ4v) is 4.57. The van der Waals surface area contributed by atoms with Gasteiger partial charge in [-0.25, -0.2) is 9.89 Å². The van der Waals surface area contributed by atoms with Crippen LogP contribution in [0.5, 0.6) is 0 Å². The van der Waals surface area contributed by atoms with Crippen molar-refractivity contribution in [3.8, 4) is 0 Å². The van der Waals surface area contributed by atoms with Crippen molar-refractivity contribution in [2.24, 2.45) is 0 Å². The predicted molar refractivity (Wildman–Crippen MR) is 115 cm³/mol. The normalized spacial score (nSPS) is 15.1. The summed E-state index contributed by atoms with van der Waals surface area (Å²) in [5, 5.41) is 6.80. The van der Waals surface area contributed by atoms with E-state index in [-0.39, 0.29) is 11.6 Å². The van der Waals surface area contributed by atoms with E-state index in [0.29, 0.717) is 44.4 Å². The molecule has 0 spiro atoms. The number of aromatic nitrogens is 3. The van der Waals surface area contributed by atoms with Crippen LogP contribution in [0.25, 0.3) is 0 Å². The molecule has 1 aromatic heterocycles. The summed E-state index contributed by atoms with van der Waals surface area (Å²) in [6, 6.07) is 19.6. The van der Waals surface area contributed by atoms with E-state index in [9.17, 15) is 9.59 Å². The zero-order valence-corrected chi connectivity index (χ0v) is 17.4. The number of nitrogens with one attached hydrogen (secondary N) is 1. The fraction of sp³-hybridized carbons (Fsp3) is 0.318. The second kappa shape index (κ2) is 9.77. The number of aromatic amines is 1. The van der Waals surface area contributed by atoms with Crippen molar-refractivity contribution in [2.75, 3.05) is 26.3 Å². The Morgan fingerprint density at radius 3 is 2.43 bits per heavy atom. The first-order valence-corrected chi connectivity index (χ1v) is 10.9. The first-order valence-electron chi connectivity index (χ1n) is 9.99. The van der Waals surface area contributed by atoms with Gasteiger partial charge in [0.15, 0.2) is 5.16 Å². The van der Waals surface area contributed by atoms with Gasteiger partial charge in [-0.2, -0.15) is 0 Å². The van der Waals surface area contributed by atoms with E-state index in [1.165, 1.54) is 11.8 Å². The van der Waals surface area contributed by atoms with E-state index in [2.05, 4.69) is 10.2 Å². The summed E-state index contributed by atoms with van der Waals surface area (Å²) >= 11 is 1.31. The van der Waals surface area contributed by atoms with E-state index >= 15 is 0 Å². The summed E-state index contributed by atoms with van der Waals surface area (Å²) in [6.45, 7) is 2.73. The molecule has 30 heavy (non-hydrogen) atoms. The second-order valence-corrected chi connectivity index (χ2v) is 8.12. The molecule has 0 aliphatic carbocycles. The summed E-state index contributed by atoms with van der Waals surface area (Å²) in [5.41, 5.74) is 1.77. The van der Waals surface area contributed by atoms with Crippen LogP contribution in [0.2, 0.25) is 0 Å². The molecule has 8 heteroatoms. The molecule has 2 heterocycles. The van der Waals surface area contributed by atoms with Gasteiger partial charge in [-0.15, -0.1) is 5.10 Å². The Labute approximate surface area is 179 Å². The van der Waals surface area contributed by atoms with Crippen molar-refractivity contribution in [1.82, 2.24) is 19.7 Å². The molecule has 1 fully saturated rings. The van der Waals surface area contributed by atoms with Crippen molar-refractivity contribution >= 4 is 17.7 Å². The summed E-state index contributed by atoms with van der Waals surface area (Å²) in [6.07, 6.45) is 0.710. The highest BCUT2D eigenvalue weighted by Gasteiger charge is 2.30. The van der Waals surface area contributed by atoms with Crippen LogP contribution in [-0.4, -0.2) is 51.9 Å². The first-order chi connectivity index (χ1) is 14.7. The molecular weight excluding hydrogens is 400 g/mol. The lowest BCUT2D eigenvalue weighted by molar-refractivity contribution is -0.134. The van der Waals surface area contributed by atoms with Gasteiger partial charge in [-0.3, -0.25) is 9.36 Å². The SMILES string of the molecule is O=C([C@H](Sc1n[nH]c(=O)n1CCc1ccccc1)c1ccccc1)N1CCOCC1. The molecule has 4 rings (SSSR count). The zero-order valence-electron chi connectivity index (χ0n) is 16.6. The highest BCUT2D eigenvalue weighted by molar-refractivity contribution is 8.00. The van der Waals surface area contributed by atoms with Crippen molar-refractivity contribution in [3.63, 3.8) is 0 Å². The Hall–Kier alpha value is -2.84. The predicted octanol–water partition coefficient (Wildman–Crippen LogP) is 2.51. The maximum Gasteiger partial charge on any atom is 0.343 e. The van der Waals surface area contributed by atoms with Gasteiger partial charge >= 0.3 is 5.69 Å².